The van der Waals surface area contributed by atoms with E-state index in [-0.39, 0.29) is 5.78 Å². The normalized spacial score (nSPS) is 16.4. The summed E-state index contributed by atoms with van der Waals surface area (Å²) < 4.78 is 0. The van der Waals surface area contributed by atoms with Gasteiger partial charge in [0.25, 0.3) is 0 Å². The summed E-state index contributed by atoms with van der Waals surface area (Å²) in [7, 11) is 0. The fraction of sp³-hybridized carbons (Fsp3) is 0.562. The number of nitrogens with one attached hydrogen (secondary N) is 1. The van der Waals surface area contributed by atoms with Crippen molar-refractivity contribution in [3.63, 3.8) is 0 Å². The van der Waals surface area contributed by atoms with Gasteiger partial charge in [0.05, 0.1) is 5.54 Å². The summed E-state index contributed by atoms with van der Waals surface area (Å²) >= 11 is 0. The summed E-state index contributed by atoms with van der Waals surface area (Å²) in [5.74, 6) is 0.903. The maximum Gasteiger partial charge on any atom is 0.182 e. The second kappa shape index (κ2) is 5.23. The lowest BCUT2D eigenvalue weighted by molar-refractivity contribution is 0.0884. The molecule has 1 aromatic rings. The van der Waals surface area contributed by atoms with E-state index in [9.17, 15) is 4.79 Å². The molecule has 0 aromatic heterocycles. The van der Waals surface area contributed by atoms with Crippen LogP contribution in [-0.4, -0.2) is 17.9 Å². The minimum absolute atomic E-state index is 0.171. The molecule has 0 spiro atoms. The Hall–Kier alpha value is -1.15. The topological polar surface area (TPSA) is 29.1 Å². The van der Waals surface area contributed by atoms with E-state index < -0.39 is 5.54 Å². The molecule has 1 aliphatic rings. The number of rotatable bonds is 5. The van der Waals surface area contributed by atoms with Gasteiger partial charge in [-0.15, -0.1) is 0 Å². The van der Waals surface area contributed by atoms with E-state index in [1.54, 1.807) is 0 Å². The first-order valence-electron chi connectivity index (χ1n) is 6.94. The Morgan fingerprint density at radius 3 is 2.33 bits per heavy atom. The average Bonchev–Trinajstić information content (AvgIpc) is 2.27. The van der Waals surface area contributed by atoms with Crippen molar-refractivity contribution in [2.75, 3.05) is 6.54 Å². The first-order chi connectivity index (χ1) is 8.54. The Balaban J connectivity index is 2.11. The van der Waals surface area contributed by atoms with Gasteiger partial charge in [-0.25, -0.2) is 0 Å². The predicted molar refractivity (Wildman–Crippen MR) is 75.1 cm³/mol. The van der Waals surface area contributed by atoms with Crippen LogP contribution >= 0.6 is 0 Å². The van der Waals surface area contributed by atoms with Crippen molar-refractivity contribution in [2.24, 2.45) is 0 Å². The molecule has 0 aliphatic heterocycles. The van der Waals surface area contributed by atoms with Crippen molar-refractivity contribution in [3.05, 3.63) is 35.4 Å². The molecule has 0 unspecified atom stereocenters. The molecule has 98 valence electrons. The van der Waals surface area contributed by atoms with Crippen LogP contribution in [0.3, 0.4) is 0 Å². The Morgan fingerprint density at radius 1 is 1.28 bits per heavy atom. The van der Waals surface area contributed by atoms with Crippen molar-refractivity contribution in [2.45, 2.75) is 51.5 Å². The zero-order chi connectivity index (χ0) is 13.2. The van der Waals surface area contributed by atoms with Crippen LogP contribution < -0.4 is 5.32 Å². The molecule has 1 fully saturated rings. The quantitative estimate of drug-likeness (QED) is 0.804. The highest BCUT2D eigenvalue weighted by Crippen LogP contribution is 2.36. The lowest BCUT2D eigenvalue weighted by atomic mass is 9.79. The van der Waals surface area contributed by atoms with E-state index >= 15 is 0 Å². The number of Topliss-reactive ketones (excluding diaryl/α,β-unsaturated/α-hetero) is 1. The molecule has 1 N–H and O–H groups in total. The molecule has 0 saturated heterocycles. The maximum absolute atomic E-state index is 12.4. The molecule has 0 amide bonds. The zero-order valence-electron chi connectivity index (χ0n) is 11.6. The van der Waals surface area contributed by atoms with Gasteiger partial charge in [-0.3, -0.25) is 4.79 Å². The third-order valence-electron chi connectivity index (χ3n) is 3.94. The molecule has 2 nitrogen and oxygen atoms in total. The molecule has 0 bridgehead atoms. The summed E-state index contributed by atoms with van der Waals surface area (Å²) in [5, 5.41) is 3.23. The fourth-order valence-electron chi connectivity index (χ4n) is 2.53. The third kappa shape index (κ3) is 2.64. The summed E-state index contributed by atoms with van der Waals surface area (Å²) in [5.41, 5.74) is 1.72. The van der Waals surface area contributed by atoms with Crippen molar-refractivity contribution in [3.8, 4) is 0 Å². The predicted octanol–water partition coefficient (Wildman–Crippen LogP) is 3.52. The SMILES string of the molecule is CCNC(C)(C)C(=O)c1ccc(C2CCC2)cc1. The van der Waals surface area contributed by atoms with Crippen LogP contribution in [-0.2, 0) is 0 Å². The molecular weight excluding hydrogens is 222 g/mol. The largest absolute Gasteiger partial charge is 0.305 e. The third-order valence-corrected chi connectivity index (χ3v) is 3.94. The Morgan fingerprint density at radius 2 is 1.89 bits per heavy atom. The van der Waals surface area contributed by atoms with Crippen LogP contribution in [0.4, 0.5) is 0 Å². The van der Waals surface area contributed by atoms with Gasteiger partial charge in [0, 0.05) is 5.56 Å². The molecule has 0 atom stereocenters. The van der Waals surface area contributed by atoms with Gasteiger partial charge in [0.2, 0.25) is 0 Å². The van der Waals surface area contributed by atoms with Gasteiger partial charge in [-0.2, -0.15) is 0 Å². The zero-order valence-corrected chi connectivity index (χ0v) is 11.6. The highest BCUT2D eigenvalue weighted by Gasteiger charge is 2.27. The minimum atomic E-state index is -0.479. The average molecular weight is 245 g/mol. The van der Waals surface area contributed by atoms with Crippen molar-refractivity contribution in [1.82, 2.24) is 5.32 Å². The number of hydrogen-bond donors (Lipinski definition) is 1. The monoisotopic (exact) mass is 245 g/mol. The molecule has 1 aromatic carbocycles. The second-order valence-electron chi connectivity index (χ2n) is 5.73. The number of benzene rings is 1. The lowest BCUT2D eigenvalue weighted by Gasteiger charge is -2.27. The molecule has 2 rings (SSSR count). The van der Waals surface area contributed by atoms with Gasteiger partial charge < -0.3 is 5.32 Å². The highest BCUT2D eigenvalue weighted by molar-refractivity contribution is 6.02. The van der Waals surface area contributed by atoms with Gasteiger partial charge in [-0.1, -0.05) is 37.6 Å². The highest BCUT2D eigenvalue weighted by atomic mass is 16.1. The molecule has 2 heteroatoms. The van der Waals surface area contributed by atoms with Crippen LogP contribution in [0.15, 0.2) is 24.3 Å². The standard InChI is InChI=1S/C16H23NO/c1-4-17-16(2,3)15(18)14-10-8-13(9-11-14)12-6-5-7-12/h8-12,17H,4-7H2,1-3H3. The van der Waals surface area contributed by atoms with Crippen LogP contribution in [0, 0.1) is 0 Å². The summed E-state index contributed by atoms with van der Waals surface area (Å²) in [6.07, 6.45) is 3.95. The number of ketones is 1. The summed E-state index contributed by atoms with van der Waals surface area (Å²) in [4.78, 5) is 12.4. The Labute approximate surface area is 110 Å². The molecule has 0 radical (unpaired) electrons. The maximum atomic E-state index is 12.4. The van der Waals surface area contributed by atoms with Crippen molar-refractivity contribution in [1.29, 1.82) is 0 Å². The van der Waals surface area contributed by atoms with E-state index in [0.29, 0.717) is 0 Å². The summed E-state index contributed by atoms with van der Waals surface area (Å²) in [6, 6.07) is 8.21. The number of carbonyl (C=O) groups is 1. The van der Waals surface area contributed by atoms with Crippen molar-refractivity contribution < 1.29 is 4.79 Å². The molecular formula is C16H23NO. The number of carbonyl (C=O) groups excluding carboxylic acids is 1. The molecule has 1 aliphatic carbocycles. The van der Waals surface area contributed by atoms with Gasteiger partial charge in [-0.05, 0) is 44.7 Å². The van der Waals surface area contributed by atoms with E-state index in [4.69, 9.17) is 0 Å². The van der Waals surface area contributed by atoms with Gasteiger partial charge in [0.15, 0.2) is 5.78 Å². The van der Waals surface area contributed by atoms with E-state index in [1.165, 1.54) is 24.8 Å². The first-order valence-corrected chi connectivity index (χ1v) is 6.94. The Bertz CT molecular complexity index is 415. The van der Waals surface area contributed by atoms with Crippen LogP contribution in [0.2, 0.25) is 0 Å². The number of likely N-dealkylation sites (N-methyl/N-ethyl adjacent to an activating group) is 1. The van der Waals surface area contributed by atoms with Crippen LogP contribution in [0.5, 0.6) is 0 Å². The molecule has 18 heavy (non-hydrogen) atoms. The Kier molecular flexibility index (Phi) is 3.86. The van der Waals surface area contributed by atoms with Crippen LogP contribution in [0.25, 0.3) is 0 Å². The summed E-state index contributed by atoms with van der Waals surface area (Å²) in [6.45, 7) is 6.71. The van der Waals surface area contributed by atoms with E-state index in [0.717, 1.165) is 18.0 Å². The van der Waals surface area contributed by atoms with E-state index in [2.05, 4.69) is 17.4 Å². The van der Waals surface area contributed by atoms with Crippen molar-refractivity contribution >= 4 is 5.78 Å². The smallest absolute Gasteiger partial charge is 0.182 e. The van der Waals surface area contributed by atoms with E-state index in [1.807, 2.05) is 32.9 Å². The molecule has 0 heterocycles. The van der Waals surface area contributed by atoms with Gasteiger partial charge in [0.1, 0.15) is 0 Å². The minimum Gasteiger partial charge on any atom is -0.305 e. The van der Waals surface area contributed by atoms with Gasteiger partial charge >= 0.3 is 0 Å². The molecule has 1 saturated carbocycles. The number of hydrogen-bond acceptors (Lipinski definition) is 2. The second-order valence-corrected chi connectivity index (χ2v) is 5.73. The fourth-order valence-corrected chi connectivity index (χ4v) is 2.53. The lowest BCUT2D eigenvalue weighted by Crippen LogP contribution is -2.46. The first kappa shape index (κ1) is 13.3. The van der Waals surface area contributed by atoms with Crippen LogP contribution in [0.1, 0.15) is 61.9 Å².